The van der Waals surface area contributed by atoms with Gasteiger partial charge in [-0.1, -0.05) is 13.8 Å². The first-order valence-corrected chi connectivity index (χ1v) is 7.19. The number of rotatable bonds is 3. The number of ether oxygens (including phenoxy) is 1. The van der Waals surface area contributed by atoms with Crippen LogP contribution in [0.25, 0.3) is 0 Å². The van der Waals surface area contributed by atoms with Crippen LogP contribution in [-0.2, 0) is 4.74 Å². The van der Waals surface area contributed by atoms with Gasteiger partial charge in [-0.05, 0) is 12.8 Å². The summed E-state index contributed by atoms with van der Waals surface area (Å²) in [6.07, 6.45) is 0.976. The Labute approximate surface area is 123 Å². The molecule has 21 heavy (non-hydrogen) atoms. The molecule has 2 amide bonds. The van der Waals surface area contributed by atoms with Crippen molar-refractivity contribution < 1.29 is 18.7 Å². The van der Waals surface area contributed by atoms with Crippen LogP contribution in [0.15, 0.2) is 10.8 Å². The maximum atomic E-state index is 12.4. The van der Waals surface area contributed by atoms with Crippen LogP contribution in [-0.4, -0.2) is 59.6 Å². The van der Waals surface area contributed by atoms with Crippen LogP contribution in [0.5, 0.6) is 0 Å². The van der Waals surface area contributed by atoms with Crippen LogP contribution >= 0.6 is 0 Å². The number of oxazole rings is 1. The quantitative estimate of drug-likeness (QED) is 0.848. The highest BCUT2D eigenvalue weighted by Gasteiger charge is 2.29. The number of carbonyl (C=O) groups excluding carboxylic acids is 2. The van der Waals surface area contributed by atoms with Crippen molar-refractivity contribution in [1.82, 2.24) is 14.8 Å². The van der Waals surface area contributed by atoms with E-state index in [1.807, 2.05) is 13.8 Å². The van der Waals surface area contributed by atoms with Gasteiger partial charge in [0.15, 0.2) is 6.39 Å². The zero-order valence-electron chi connectivity index (χ0n) is 12.7. The first kappa shape index (κ1) is 15.3. The molecule has 116 valence electrons. The molecule has 1 saturated heterocycles. The summed E-state index contributed by atoms with van der Waals surface area (Å²) < 4.78 is 10.2. The third kappa shape index (κ3) is 3.34. The van der Waals surface area contributed by atoms with Gasteiger partial charge in [-0.2, -0.15) is 0 Å². The van der Waals surface area contributed by atoms with E-state index in [1.54, 1.807) is 16.7 Å². The number of aromatic nitrogens is 1. The summed E-state index contributed by atoms with van der Waals surface area (Å²) in [5.41, 5.74) is 0.674. The molecule has 2 rings (SSSR count). The van der Waals surface area contributed by atoms with E-state index in [0.29, 0.717) is 44.2 Å². The van der Waals surface area contributed by atoms with Gasteiger partial charge in [0.2, 0.25) is 5.76 Å². The Morgan fingerprint density at radius 1 is 1.29 bits per heavy atom. The van der Waals surface area contributed by atoms with E-state index >= 15 is 0 Å². The number of hydrogen-bond donors (Lipinski definition) is 0. The standard InChI is InChI=1S/C14H21N3O4/c1-4-20-14(19)17-7-5-16(6-8-17)13(18)12-11(10(2)3)15-9-21-12/h9-10H,4-8H2,1-3H3. The molecule has 1 aliphatic heterocycles. The van der Waals surface area contributed by atoms with Crippen LogP contribution in [0.1, 0.15) is 42.9 Å². The highest BCUT2D eigenvalue weighted by atomic mass is 16.6. The molecule has 1 aromatic rings. The van der Waals surface area contributed by atoms with Crippen molar-refractivity contribution in [1.29, 1.82) is 0 Å². The third-order valence-corrected chi connectivity index (χ3v) is 3.43. The van der Waals surface area contributed by atoms with Crippen LogP contribution in [0.3, 0.4) is 0 Å². The molecule has 0 aliphatic carbocycles. The second kappa shape index (κ2) is 6.60. The monoisotopic (exact) mass is 295 g/mol. The van der Waals surface area contributed by atoms with Crippen molar-refractivity contribution >= 4 is 12.0 Å². The normalized spacial score (nSPS) is 15.4. The summed E-state index contributed by atoms with van der Waals surface area (Å²) in [7, 11) is 0. The molecule has 7 heteroatoms. The Balaban J connectivity index is 1.97. The van der Waals surface area contributed by atoms with Crippen molar-refractivity contribution in [2.24, 2.45) is 0 Å². The fourth-order valence-corrected chi connectivity index (χ4v) is 2.28. The molecule has 0 spiro atoms. The molecule has 1 aliphatic rings. The maximum absolute atomic E-state index is 12.4. The molecule has 1 fully saturated rings. The second-order valence-corrected chi connectivity index (χ2v) is 5.20. The number of nitrogens with zero attached hydrogens (tertiary/aromatic N) is 3. The molecule has 1 aromatic heterocycles. The zero-order valence-corrected chi connectivity index (χ0v) is 12.7. The minimum absolute atomic E-state index is 0.128. The average Bonchev–Trinajstić information content (AvgIpc) is 2.96. The van der Waals surface area contributed by atoms with Gasteiger partial charge in [0, 0.05) is 26.2 Å². The van der Waals surface area contributed by atoms with E-state index in [-0.39, 0.29) is 17.9 Å². The summed E-state index contributed by atoms with van der Waals surface area (Å²) in [6, 6.07) is 0. The van der Waals surface area contributed by atoms with E-state index in [0.717, 1.165) is 0 Å². The molecule has 0 radical (unpaired) electrons. The Morgan fingerprint density at radius 2 is 1.90 bits per heavy atom. The lowest BCUT2D eigenvalue weighted by Crippen LogP contribution is -2.50. The molecule has 7 nitrogen and oxygen atoms in total. The molecular weight excluding hydrogens is 274 g/mol. The molecular formula is C14H21N3O4. The highest BCUT2D eigenvalue weighted by Crippen LogP contribution is 2.20. The zero-order chi connectivity index (χ0) is 15.4. The van der Waals surface area contributed by atoms with Gasteiger partial charge in [0.25, 0.3) is 5.91 Å². The van der Waals surface area contributed by atoms with Gasteiger partial charge in [0.1, 0.15) is 0 Å². The number of hydrogen-bond acceptors (Lipinski definition) is 5. The molecule has 2 heterocycles. The van der Waals surface area contributed by atoms with Gasteiger partial charge in [-0.25, -0.2) is 9.78 Å². The van der Waals surface area contributed by atoms with Gasteiger partial charge in [0.05, 0.1) is 12.3 Å². The smallest absolute Gasteiger partial charge is 0.409 e. The topological polar surface area (TPSA) is 75.9 Å². The van der Waals surface area contributed by atoms with E-state index < -0.39 is 0 Å². The van der Waals surface area contributed by atoms with Crippen molar-refractivity contribution in [3.05, 3.63) is 17.8 Å². The molecule has 0 bridgehead atoms. The number of amides is 2. The minimum atomic E-state index is -0.327. The van der Waals surface area contributed by atoms with Crippen LogP contribution in [0.2, 0.25) is 0 Å². The summed E-state index contributed by atoms with van der Waals surface area (Å²) >= 11 is 0. The van der Waals surface area contributed by atoms with E-state index in [2.05, 4.69) is 4.98 Å². The lowest BCUT2D eigenvalue weighted by molar-refractivity contribution is 0.0544. The van der Waals surface area contributed by atoms with Gasteiger partial charge in [-0.3, -0.25) is 4.79 Å². The first-order chi connectivity index (χ1) is 10.0. The Hall–Kier alpha value is -2.05. The maximum Gasteiger partial charge on any atom is 0.409 e. The lowest BCUT2D eigenvalue weighted by atomic mass is 10.1. The Bertz CT molecular complexity index is 504. The van der Waals surface area contributed by atoms with Crippen molar-refractivity contribution in [2.45, 2.75) is 26.7 Å². The number of piperazine rings is 1. The molecule has 0 saturated carbocycles. The summed E-state index contributed by atoms with van der Waals surface area (Å²) in [5, 5.41) is 0. The van der Waals surface area contributed by atoms with Gasteiger partial charge in [-0.15, -0.1) is 0 Å². The summed E-state index contributed by atoms with van der Waals surface area (Å²) in [4.78, 5) is 31.5. The molecule has 0 unspecified atom stereocenters. The minimum Gasteiger partial charge on any atom is -0.450 e. The molecule has 0 atom stereocenters. The summed E-state index contributed by atoms with van der Waals surface area (Å²) in [5.74, 6) is 0.262. The van der Waals surface area contributed by atoms with E-state index in [4.69, 9.17) is 9.15 Å². The first-order valence-electron chi connectivity index (χ1n) is 7.19. The predicted molar refractivity (Wildman–Crippen MR) is 75.1 cm³/mol. The predicted octanol–water partition coefficient (Wildman–Crippen LogP) is 1.71. The summed E-state index contributed by atoms with van der Waals surface area (Å²) in [6.45, 7) is 7.93. The van der Waals surface area contributed by atoms with Crippen LogP contribution < -0.4 is 0 Å². The van der Waals surface area contributed by atoms with Crippen LogP contribution in [0.4, 0.5) is 4.79 Å². The lowest BCUT2D eigenvalue weighted by Gasteiger charge is -2.33. The Kier molecular flexibility index (Phi) is 4.82. The van der Waals surface area contributed by atoms with E-state index in [1.165, 1.54) is 6.39 Å². The van der Waals surface area contributed by atoms with Gasteiger partial charge >= 0.3 is 6.09 Å². The SMILES string of the molecule is CCOC(=O)N1CCN(C(=O)c2ocnc2C(C)C)CC1. The van der Waals surface area contributed by atoms with E-state index in [9.17, 15) is 9.59 Å². The largest absolute Gasteiger partial charge is 0.450 e. The Morgan fingerprint density at radius 3 is 2.48 bits per heavy atom. The number of carbonyl (C=O) groups is 2. The van der Waals surface area contributed by atoms with Gasteiger partial charge < -0.3 is 19.0 Å². The fraction of sp³-hybridized carbons (Fsp3) is 0.643. The fourth-order valence-electron chi connectivity index (χ4n) is 2.28. The molecule has 0 aromatic carbocycles. The third-order valence-electron chi connectivity index (χ3n) is 3.43. The second-order valence-electron chi connectivity index (χ2n) is 5.20. The van der Waals surface area contributed by atoms with Crippen molar-refractivity contribution in [3.63, 3.8) is 0 Å². The molecule has 0 N–H and O–H groups in total. The van der Waals surface area contributed by atoms with Crippen molar-refractivity contribution in [3.8, 4) is 0 Å². The van der Waals surface area contributed by atoms with Crippen LogP contribution in [0, 0.1) is 0 Å². The van der Waals surface area contributed by atoms with Crippen molar-refractivity contribution in [2.75, 3.05) is 32.8 Å². The highest BCUT2D eigenvalue weighted by molar-refractivity contribution is 5.92. The average molecular weight is 295 g/mol.